The molecule has 116 valence electrons. The van der Waals surface area contributed by atoms with Gasteiger partial charge in [-0.25, -0.2) is 0 Å². The molecule has 23 heavy (non-hydrogen) atoms. The third-order valence-corrected chi connectivity index (χ3v) is 4.18. The quantitative estimate of drug-likeness (QED) is 0.744. The molecule has 0 saturated heterocycles. The Hall–Kier alpha value is -2.40. The van der Waals surface area contributed by atoms with E-state index in [2.05, 4.69) is 38.5 Å². The average Bonchev–Trinajstić information content (AvgIpc) is 3.05. The van der Waals surface area contributed by atoms with Gasteiger partial charge in [-0.1, -0.05) is 42.5 Å². The van der Waals surface area contributed by atoms with E-state index in [1.165, 1.54) is 0 Å². The first-order chi connectivity index (χ1) is 11.2. The summed E-state index contributed by atoms with van der Waals surface area (Å²) in [4.78, 5) is 12.1. The normalized spacial score (nSPS) is 10.5. The lowest BCUT2D eigenvalue weighted by Gasteiger charge is -2.06. The fraction of sp³-hybridized carbons (Fsp3) is 0.111. The molecule has 1 heterocycles. The van der Waals surface area contributed by atoms with Crippen LogP contribution in [0.5, 0.6) is 0 Å². The molecule has 0 fully saturated rings. The highest BCUT2D eigenvalue weighted by Gasteiger charge is 2.08. The molecule has 0 spiro atoms. The summed E-state index contributed by atoms with van der Waals surface area (Å²) in [7, 11) is 0. The summed E-state index contributed by atoms with van der Waals surface area (Å²) in [5, 5.41) is 7.24. The molecular weight excluding hydrogens is 354 g/mol. The maximum atomic E-state index is 12.1. The van der Waals surface area contributed by atoms with Crippen LogP contribution in [-0.2, 0) is 6.54 Å². The number of rotatable bonds is 5. The lowest BCUT2D eigenvalue weighted by molar-refractivity contribution is 0.0951. The van der Waals surface area contributed by atoms with E-state index in [-0.39, 0.29) is 5.91 Å². The van der Waals surface area contributed by atoms with E-state index >= 15 is 0 Å². The van der Waals surface area contributed by atoms with Gasteiger partial charge in [0.25, 0.3) is 5.91 Å². The molecule has 1 aromatic heterocycles. The van der Waals surface area contributed by atoms with Gasteiger partial charge in [0.05, 0.1) is 18.3 Å². The Labute approximate surface area is 143 Å². The molecule has 1 amide bonds. The number of aromatic nitrogens is 2. The minimum absolute atomic E-state index is 0.0899. The van der Waals surface area contributed by atoms with Crippen molar-refractivity contribution in [1.82, 2.24) is 15.1 Å². The Bertz CT molecular complexity index is 799. The smallest absolute Gasteiger partial charge is 0.252 e. The van der Waals surface area contributed by atoms with Gasteiger partial charge >= 0.3 is 0 Å². The highest BCUT2D eigenvalue weighted by atomic mass is 79.9. The Morgan fingerprint density at radius 3 is 2.57 bits per heavy atom. The molecule has 5 heteroatoms. The SMILES string of the molecule is O=C(NCCn1cc(-c2ccccc2)cn1)c1ccccc1Br. The van der Waals surface area contributed by atoms with Gasteiger partial charge in [0, 0.05) is 22.8 Å². The van der Waals surface area contributed by atoms with Crippen molar-refractivity contribution >= 4 is 21.8 Å². The number of nitrogens with one attached hydrogen (secondary N) is 1. The first-order valence-corrected chi connectivity index (χ1v) is 8.14. The van der Waals surface area contributed by atoms with Crippen molar-refractivity contribution in [3.63, 3.8) is 0 Å². The lowest BCUT2D eigenvalue weighted by atomic mass is 10.1. The second-order valence-corrected chi connectivity index (χ2v) is 5.95. The van der Waals surface area contributed by atoms with Gasteiger partial charge in [-0.15, -0.1) is 0 Å². The van der Waals surface area contributed by atoms with Gasteiger partial charge in [0.1, 0.15) is 0 Å². The number of carbonyl (C=O) groups is 1. The van der Waals surface area contributed by atoms with Crippen molar-refractivity contribution in [1.29, 1.82) is 0 Å². The first kappa shape index (κ1) is 15.5. The van der Waals surface area contributed by atoms with E-state index in [1.807, 2.05) is 53.5 Å². The number of halogens is 1. The summed E-state index contributed by atoms with van der Waals surface area (Å²) in [6, 6.07) is 17.5. The van der Waals surface area contributed by atoms with Crippen molar-refractivity contribution in [3.8, 4) is 11.1 Å². The van der Waals surface area contributed by atoms with Crippen LogP contribution in [0.2, 0.25) is 0 Å². The Balaban J connectivity index is 1.56. The molecule has 0 atom stereocenters. The Morgan fingerprint density at radius 1 is 1.04 bits per heavy atom. The predicted octanol–water partition coefficient (Wildman–Crippen LogP) is 3.74. The van der Waals surface area contributed by atoms with Gasteiger partial charge in [-0.3, -0.25) is 9.48 Å². The minimum atomic E-state index is -0.0899. The fourth-order valence-corrected chi connectivity index (χ4v) is 2.75. The van der Waals surface area contributed by atoms with Gasteiger partial charge < -0.3 is 5.32 Å². The summed E-state index contributed by atoms with van der Waals surface area (Å²) < 4.78 is 2.63. The average molecular weight is 370 g/mol. The molecule has 0 unspecified atom stereocenters. The van der Waals surface area contributed by atoms with Gasteiger partial charge in [-0.05, 0) is 33.6 Å². The second kappa shape index (κ2) is 7.24. The Kier molecular flexibility index (Phi) is 4.88. The van der Waals surface area contributed by atoms with Crippen molar-refractivity contribution < 1.29 is 4.79 Å². The number of carbonyl (C=O) groups excluding carboxylic acids is 1. The summed E-state index contributed by atoms with van der Waals surface area (Å²) in [6.45, 7) is 1.15. The van der Waals surface area contributed by atoms with Crippen LogP contribution in [0, 0.1) is 0 Å². The lowest BCUT2D eigenvalue weighted by Crippen LogP contribution is -2.27. The monoisotopic (exact) mass is 369 g/mol. The van der Waals surface area contributed by atoms with Crippen LogP contribution in [0.4, 0.5) is 0 Å². The molecule has 0 radical (unpaired) electrons. The molecule has 3 rings (SSSR count). The summed E-state index contributed by atoms with van der Waals surface area (Å²) in [6.07, 6.45) is 3.82. The molecule has 1 N–H and O–H groups in total. The zero-order valence-electron chi connectivity index (χ0n) is 12.4. The van der Waals surface area contributed by atoms with Gasteiger partial charge in [-0.2, -0.15) is 5.10 Å². The molecule has 2 aromatic carbocycles. The summed E-state index contributed by atoms with van der Waals surface area (Å²) in [5.74, 6) is -0.0899. The van der Waals surface area contributed by atoms with Gasteiger partial charge in [0.15, 0.2) is 0 Å². The van der Waals surface area contributed by atoms with E-state index in [0.717, 1.165) is 15.6 Å². The number of nitrogens with zero attached hydrogens (tertiary/aromatic N) is 2. The number of benzene rings is 2. The molecule has 3 aromatic rings. The van der Waals surface area contributed by atoms with Crippen LogP contribution < -0.4 is 5.32 Å². The summed E-state index contributed by atoms with van der Waals surface area (Å²) in [5.41, 5.74) is 2.84. The van der Waals surface area contributed by atoms with Crippen LogP contribution in [0.1, 0.15) is 10.4 Å². The number of amides is 1. The first-order valence-electron chi connectivity index (χ1n) is 7.34. The van der Waals surface area contributed by atoms with Crippen molar-refractivity contribution in [2.45, 2.75) is 6.54 Å². The zero-order chi connectivity index (χ0) is 16.1. The highest BCUT2D eigenvalue weighted by molar-refractivity contribution is 9.10. The predicted molar refractivity (Wildman–Crippen MR) is 94.1 cm³/mol. The third-order valence-electron chi connectivity index (χ3n) is 3.49. The van der Waals surface area contributed by atoms with Crippen molar-refractivity contribution in [3.05, 3.63) is 77.0 Å². The topological polar surface area (TPSA) is 46.9 Å². The molecule has 0 aliphatic rings. The van der Waals surface area contributed by atoms with Crippen LogP contribution in [0.15, 0.2) is 71.5 Å². The van der Waals surface area contributed by atoms with Crippen LogP contribution in [0.3, 0.4) is 0 Å². The molecule has 4 nitrogen and oxygen atoms in total. The molecule has 0 aliphatic heterocycles. The van der Waals surface area contributed by atoms with Crippen LogP contribution in [-0.4, -0.2) is 22.2 Å². The van der Waals surface area contributed by atoms with Crippen molar-refractivity contribution in [2.24, 2.45) is 0 Å². The van der Waals surface area contributed by atoms with E-state index in [0.29, 0.717) is 18.7 Å². The second-order valence-electron chi connectivity index (χ2n) is 5.09. The maximum absolute atomic E-state index is 12.1. The molecule has 0 saturated carbocycles. The van der Waals surface area contributed by atoms with Crippen LogP contribution in [0.25, 0.3) is 11.1 Å². The maximum Gasteiger partial charge on any atom is 0.252 e. The molecule has 0 aliphatic carbocycles. The Morgan fingerprint density at radius 2 is 1.78 bits per heavy atom. The van der Waals surface area contributed by atoms with Gasteiger partial charge in [0.2, 0.25) is 0 Å². The van der Waals surface area contributed by atoms with E-state index in [1.54, 1.807) is 6.07 Å². The summed E-state index contributed by atoms with van der Waals surface area (Å²) >= 11 is 3.38. The largest absolute Gasteiger partial charge is 0.350 e. The number of hydrogen-bond donors (Lipinski definition) is 1. The third kappa shape index (κ3) is 3.87. The van der Waals surface area contributed by atoms with Crippen molar-refractivity contribution in [2.75, 3.05) is 6.54 Å². The van der Waals surface area contributed by atoms with E-state index < -0.39 is 0 Å². The standard InChI is InChI=1S/C18H16BrN3O/c19-17-9-5-4-8-16(17)18(23)20-10-11-22-13-15(12-21-22)14-6-2-1-3-7-14/h1-9,12-13H,10-11H2,(H,20,23). The van der Waals surface area contributed by atoms with E-state index in [4.69, 9.17) is 0 Å². The highest BCUT2D eigenvalue weighted by Crippen LogP contribution is 2.17. The zero-order valence-corrected chi connectivity index (χ0v) is 14.0. The molecule has 0 bridgehead atoms. The van der Waals surface area contributed by atoms with Crippen LogP contribution >= 0.6 is 15.9 Å². The number of hydrogen-bond acceptors (Lipinski definition) is 2. The fourth-order valence-electron chi connectivity index (χ4n) is 2.29. The van der Waals surface area contributed by atoms with E-state index in [9.17, 15) is 4.79 Å². The molecular formula is C18H16BrN3O. The minimum Gasteiger partial charge on any atom is -0.350 e.